The average Bonchev–Trinajstić information content (AvgIpc) is 3.64. The maximum Gasteiger partial charge on any atom is 0.306 e. The van der Waals surface area contributed by atoms with Crippen LogP contribution in [0.15, 0.2) is 0 Å². The molecule has 0 bridgehead atoms. The van der Waals surface area contributed by atoms with E-state index < -0.39 is 5.79 Å². The van der Waals surface area contributed by atoms with E-state index in [9.17, 15) is 14.7 Å². The molecule has 7 nitrogen and oxygen atoms in total. The Morgan fingerprint density at radius 3 is 1.47 bits per heavy atom. The summed E-state index contributed by atoms with van der Waals surface area (Å²) in [4.78, 5) is 26.0. The first-order valence-corrected chi connectivity index (χ1v) is 27.1. The molecule has 9 heteroatoms. The Morgan fingerprint density at radius 2 is 1.03 bits per heavy atom. The normalized spacial score (nSPS) is 21.6. The Balaban J connectivity index is 1.47. The molecule has 1 aliphatic heterocycles. The summed E-state index contributed by atoms with van der Waals surface area (Å²) in [5, 5.41) is 11.1. The van der Waals surface area contributed by atoms with E-state index in [2.05, 4.69) is 13.8 Å². The van der Waals surface area contributed by atoms with E-state index in [1.54, 1.807) is 0 Å². The highest BCUT2D eigenvalue weighted by atomic mass is 32.2. The molecule has 3 aliphatic rings. The molecular formula is C49H90O7S2. The molecule has 1 heterocycles. The molecule has 0 amide bonds. The van der Waals surface area contributed by atoms with Gasteiger partial charge < -0.3 is 24.1 Å². The van der Waals surface area contributed by atoms with Gasteiger partial charge in [-0.25, -0.2) is 0 Å². The molecule has 3 unspecified atom stereocenters. The van der Waals surface area contributed by atoms with Gasteiger partial charge in [0.25, 0.3) is 0 Å². The van der Waals surface area contributed by atoms with Crippen LogP contribution in [-0.4, -0.2) is 76.4 Å². The topological polar surface area (TPSA) is 91.3 Å². The molecule has 0 spiro atoms. The molecular weight excluding hydrogens is 765 g/mol. The lowest BCUT2D eigenvalue weighted by atomic mass is 9.99. The van der Waals surface area contributed by atoms with Crippen LogP contribution in [0.5, 0.6) is 0 Å². The summed E-state index contributed by atoms with van der Waals surface area (Å²) in [7, 11) is 0. The molecule has 2 aliphatic carbocycles. The first-order chi connectivity index (χ1) is 28.4. The van der Waals surface area contributed by atoms with Crippen molar-refractivity contribution in [2.45, 2.75) is 273 Å². The zero-order valence-corrected chi connectivity index (χ0v) is 39.3. The molecule has 0 aromatic carbocycles. The van der Waals surface area contributed by atoms with E-state index in [4.69, 9.17) is 18.9 Å². The lowest BCUT2D eigenvalue weighted by Gasteiger charge is -2.29. The highest BCUT2D eigenvalue weighted by Crippen LogP contribution is 2.37. The summed E-state index contributed by atoms with van der Waals surface area (Å²) in [5.74, 6) is 1.11. The molecule has 340 valence electrons. The minimum atomic E-state index is -0.639. The van der Waals surface area contributed by atoms with E-state index in [-0.39, 0.29) is 36.9 Å². The van der Waals surface area contributed by atoms with Crippen LogP contribution in [0.3, 0.4) is 0 Å². The fourth-order valence-electron chi connectivity index (χ4n) is 9.07. The van der Waals surface area contributed by atoms with Crippen LogP contribution in [-0.2, 0) is 28.5 Å². The van der Waals surface area contributed by atoms with Gasteiger partial charge in [-0.3, -0.25) is 9.59 Å². The Labute approximate surface area is 365 Å². The summed E-state index contributed by atoms with van der Waals surface area (Å²) >= 11 is 4.06. The van der Waals surface area contributed by atoms with Gasteiger partial charge in [0.15, 0.2) is 5.79 Å². The van der Waals surface area contributed by atoms with Gasteiger partial charge in [-0.15, -0.1) is 0 Å². The Kier molecular flexibility index (Phi) is 30.5. The van der Waals surface area contributed by atoms with E-state index in [1.807, 2.05) is 23.5 Å². The van der Waals surface area contributed by atoms with E-state index in [1.165, 1.54) is 128 Å². The summed E-state index contributed by atoms with van der Waals surface area (Å²) in [6, 6.07) is 0. The van der Waals surface area contributed by atoms with E-state index in [0.29, 0.717) is 36.4 Å². The average molecular weight is 855 g/mol. The second-order valence-corrected chi connectivity index (χ2v) is 20.8. The van der Waals surface area contributed by atoms with Crippen LogP contribution in [0.2, 0.25) is 0 Å². The monoisotopic (exact) mass is 855 g/mol. The standard InChI is InChI=1S/C49H90O7S2/c1-3-5-7-9-11-13-21-33-47(51)54-43(40-57-45-29-17-15-18-30-45)27-23-25-36-49(53-39-42(56-49)35-38-50)37-26-24-28-44(41-58-46-31-19-16-20-32-46)55-48(52)34-22-14-12-10-8-6-4-2/h42-46,50H,3-41H2,1-2H3. The van der Waals surface area contributed by atoms with Gasteiger partial charge in [-0.1, -0.05) is 129 Å². The molecule has 1 saturated heterocycles. The number of unbranched alkanes of at least 4 members (excludes halogenated alkanes) is 14. The fraction of sp³-hybridized carbons (Fsp3) is 0.959. The largest absolute Gasteiger partial charge is 0.461 e. The second-order valence-electron chi connectivity index (χ2n) is 18.1. The van der Waals surface area contributed by atoms with Gasteiger partial charge in [-0.2, -0.15) is 23.5 Å². The zero-order chi connectivity index (χ0) is 41.4. The minimum Gasteiger partial charge on any atom is -0.461 e. The smallest absolute Gasteiger partial charge is 0.306 e. The van der Waals surface area contributed by atoms with Crippen LogP contribution >= 0.6 is 23.5 Å². The number of hydrogen-bond donors (Lipinski definition) is 1. The highest BCUT2D eigenvalue weighted by Gasteiger charge is 2.40. The van der Waals surface area contributed by atoms with Crippen molar-refractivity contribution >= 4 is 35.5 Å². The maximum atomic E-state index is 13.0. The summed E-state index contributed by atoms with van der Waals surface area (Å²) in [5.41, 5.74) is 0. The third kappa shape index (κ3) is 24.8. The third-order valence-corrected chi connectivity index (χ3v) is 15.8. The van der Waals surface area contributed by atoms with Crippen LogP contribution in [0, 0.1) is 0 Å². The number of aliphatic hydroxyl groups is 1. The highest BCUT2D eigenvalue weighted by molar-refractivity contribution is 8.00. The number of rotatable bonds is 36. The van der Waals surface area contributed by atoms with Gasteiger partial charge in [0.1, 0.15) is 12.2 Å². The number of ether oxygens (including phenoxy) is 4. The molecule has 58 heavy (non-hydrogen) atoms. The Bertz CT molecular complexity index is 936. The van der Waals surface area contributed by atoms with Crippen molar-refractivity contribution in [2.75, 3.05) is 24.7 Å². The number of carbonyl (C=O) groups excluding carboxylic acids is 2. The first kappa shape index (κ1) is 51.9. The van der Waals surface area contributed by atoms with Gasteiger partial charge in [0, 0.05) is 54.3 Å². The number of aliphatic hydroxyl groups excluding tert-OH is 1. The van der Waals surface area contributed by atoms with Crippen LogP contribution in [0.1, 0.15) is 239 Å². The summed E-state index contributed by atoms with van der Waals surface area (Å²) in [6.45, 7) is 5.11. The van der Waals surface area contributed by atoms with Gasteiger partial charge >= 0.3 is 11.9 Å². The molecule has 3 atom stereocenters. The molecule has 3 rings (SSSR count). The van der Waals surface area contributed by atoms with Crippen molar-refractivity contribution in [1.82, 2.24) is 0 Å². The van der Waals surface area contributed by atoms with Crippen molar-refractivity contribution in [3.63, 3.8) is 0 Å². The fourth-order valence-corrected chi connectivity index (χ4v) is 11.8. The molecule has 0 aromatic rings. The third-order valence-electron chi connectivity index (χ3n) is 12.7. The summed E-state index contributed by atoms with van der Waals surface area (Å²) in [6.07, 6.45) is 38.7. The number of thioether (sulfide) groups is 2. The van der Waals surface area contributed by atoms with Gasteiger partial charge in [0.2, 0.25) is 0 Å². The molecule has 2 saturated carbocycles. The van der Waals surface area contributed by atoms with Crippen molar-refractivity contribution in [1.29, 1.82) is 0 Å². The quantitative estimate of drug-likeness (QED) is 0.0488. The molecule has 1 N–H and O–H groups in total. The molecule has 0 radical (unpaired) electrons. The zero-order valence-electron chi connectivity index (χ0n) is 37.7. The van der Waals surface area contributed by atoms with Crippen molar-refractivity contribution in [2.24, 2.45) is 0 Å². The van der Waals surface area contributed by atoms with E-state index >= 15 is 0 Å². The predicted octanol–water partition coefficient (Wildman–Crippen LogP) is 13.8. The number of carbonyl (C=O) groups is 2. The lowest BCUT2D eigenvalue weighted by Crippen LogP contribution is -2.31. The van der Waals surface area contributed by atoms with Crippen LogP contribution in [0.4, 0.5) is 0 Å². The Morgan fingerprint density at radius 1 is 0.603 bits per heavy atom. The van der Waals surface area contributed by atoms with Gasteiger partial charge in [-0.05, 0) is 83.5 Å². The predicted molar refractivity (Wildman–Crippen MR) is 246 cm³/mol. The number of hydrogen-bond acceptors (Lipinski definition) is 9. The summed E-state index contributed by atoms with van der Waals surface area (Å²) < 4.78 is 25.4. The lowest BCUT2D eigenvalue weighted by molar-refractivity contribution is -0.181. The first-order valence-electron chi connectivity index (χ1n) is 25.0. The van der Waals surface area contributed by atoms with Crippen molar-refractivity contribution in [3.05, 3.63) is 0 Å². The SMILES string of the molecule is CCCCCCCCCC(=O)OC(CCCCC1(CCCCC(CSC2CCCCC2)OC(=O)CCCCCCCCC)OCC(CCO)O1)CSC1CCCCC1. The second kappa shape index (κ2) is 34.1. The van der Waals surface area contributed by atoms with Crippen LogP contribution < -0.4 is 0 Å². The molecule has 3 fully saturated rings. The van der Waals surface area contributed by atoms with E-state index in [0.717, 1.165) is 88.6 Å². The Hall–Kier alpha value is -0.480. The van der Waals surface area contributed by atoms with Crippen LogP contribution in [0.25, 0.3) is 0 Å². The minimum absolute atomic E-state index is 0.0208. The number of esters is 2. The van der Waals surface area contributed by atoms with Crippen molar-refractivity contribution in [3.8, 4) is 0 Å². The molecule has 0 aromatic heterocycles. The van der Waals surface area contributed by atoms with Crippen molar-refractivity contribution < 1.29 is 33.6 Å². The maximum absolute atomic E-state index is 13.0. The van der Waals surface area contributed by atoms with Gasteiger partial charge in [0.05, 0.1) is 12.7 Å².